The highest BCUT2D eigenvalue weighted by Crippen LogP contribution is 2.43. The molecule has 0 radical (unpaired) electrons. The van der Waals surface area contributed by atoms with Crippen LogP contribution in [-0.4, -0.2) is 41.1 Å². The van der Waals surface area contributed by atoms with Crippen LogP contribution in [0, 0.1) is 5.92 Å². The monoisotopic (exact) mass is 410 g/mol. The third kappa shape index (κ3) is 3.69. The van der Waals surface area contributed by atoms with Crippen molar-refractivity contribution in [2.75, 3.05) is 6.61 Å². The summed E-state index contributed by atoms with van der Waals surface area (Å²) in [5, 5.41) is 3.75. The van der Waals surface area contributed by atoms with Crippen LogP contribution >= 0.6 is 23.2 Å². The van der Waals surface area contributed by atoms with Gasteiger partial charge in [0, 0.05) is 11.6 Å². The van der Waals surface area contributed by atoms with Crippen LogP contribution < -0.4 is 5.32 Å². The molecule has 0 bridgehead atoms. The molecule has 1 spiro atoms. The lowest BCUT2D eigenvalue weighted by Crippen LogP contribution is -2.57. The fraction of sp³-hybridized carbons (Fsp3) is 0.600. The molecule has 5 nitrogen and oxygen atoms in total. The summed E-state index contributed by atoms with van der Waals surface area (Å²) in [6.45, 7) is 2.45. The van der Waals surface area contributed by atoms with Gasteiger partial charge in [0.05, 0.1) is 16.7 Å². The van der Waals surface area contributed by atoms with E-state index in [0.717, 1.165) is 38.5 Å². The fourth-order valence-electron chi connectivity index (χ4n) is 4.07. The van der Waals surface area contributed by atoms with Gasteiger partial charge in [-0.1, -0.05) is 30.1 Å². The van der Waals surface area contributed by atoms with Gasteiger partial charge in [-0.2, -0.15) is 0 Å². The molecule has 1 aromatic carbocycles. The van der Waals surface area contributed by atoms with E-state index >= 15 is 0 Å². The van der Waals surface area contributed by atoms with Gasteiger partial charge in [0.2, 0.25) is 5.91 Å². The minimum Gasteiger partial charge on any atom is -0.353 e. The molecule has 146 valence electrons. The number of nitrogens with zero attached hydrogens (tertiary/aromatic N) is 1. The molecule has 3 aliphatic rings. The SMILES string of the molecule is CC1CCC2(CC1)OC[C@@H](C(=O)NC1CC1)N2C(=O)c1ccc(Cl)c(Cl)c1. The first kappa shape index (κ1) is 19.0. The van der Waals surface area contributed by atoms with Crippen molar-refractivity contribution in [1.29, 1.82) is 0 Å². The van der Waals surface area contributed by atoms with Crippen molar-refractivity contribution in [3.63, 3.8) is 0 Å². The molecular formula is C20H24Cl2N2O3. The number of nitrogens with one attached hydrogen (secondary N) is 1. The lowest BCUT2D eigenvalue weighted by atomic mass is 9.83. The van der Waals surface area contributed by atoms with E-state index in [4.69, 9.17) is 27.9 Å². The molecule has 0 aromatic heterocycles. The van der Waals surface area contributed by atoms with E-state index in [1.54, 1.807) is 23.1 Å². The molecule has 1 N–H and O–H groups in total. The van der Waals surface area contributed by atoms with E-state index in [1.807, 2.05) is 0 Å². The zero-order valence-electron chi connectivity index (χ0n) is 15.3. The Bertz CT molecular complexity index is 758. The molecule has 7 heteroatoms. The van der Waals surface area contributed by atoms with Crippen molar-refractivity contribution in [2.24, 2.45) is 5.92 Å². The summed E-state index contributed by atoms with van der Waals surface area (Å²) in [5.41, 5.74) is -0.279. The first-order chi connectivity index (χ1) is 12.9. The van der Waals surface area contributed by atoms with Crippen molar-refractivity contribution >= 4 is 35.0 Å². The second-order valence-electron chi connectivity index (χ2n) is 8.04. The number of amides is 2. The van der Waals surface area contributed by atoms with E-state index in [1.165, 1.54) is 0 Å². The number of benzene rings is 1. The standard InChI is InChI=1S/C20H24Cl2N2O3/c1-12-6-8-20(9-7-12)24(17(11-27-20)18(25)23-14-3-4-14)19(26)13-2-5-15(21)16(22)10-13/h2,5,10,12,14,17H,3-4,6-9,11H2,1H3,(H,23,25)/t12?,17-,20?/m0/s1. The number of hydrogen-bond acceptors (Lipinski definition) is 3. The third-order valence-electron chi connectivity index (χ3n) is 5.93. The molecule has 27 heavy (non-hydrogen) atoms. The van der Waals surface area contributed by atoms with E-state index in [-0.39, 0.29) is 24.5 Å². The van der Waals surface area contributed by atoms with Crippen molar-refractivity contribution in [3.05, 3.63) is 33.8 Å². The van der Waals surface area contributed by atoms with Gasteiger partial charge in [-0.25, -0.2) is 0 Å². The van der Waals surface area contributed by atoms with Crippen LogP contribution in [0.25, 0.3) is 0 Å². The quantitative estimate of drug-likeness (QED) is 0.818. The maximum absolute atomic E-state index is 13.4. The van der Waals surface area contributed by atoms with Gasteiger partial charge in [-0.15, -0.1) is 0 Å². The van der Waals surface area contributed by atoms with Gasteiger partial charge in [0.15, 0.2) is 0 Å². The first-order valence-electron chi connectivity index (χ1n) is 9.63. The number of ether oxygens (including phenoxy) is 1. The average Bonchev–Trinajstić information content (AvgIpc) is 3.38. The van der Waals surface area contributed by atoms with E-state index in [0.29, 0.717) is 21.5 Å². The predicted octanol–water partition coefficient (Wildman–Crippen LogP) is 4.02. The average molecular weight is 411 g/mol. The van der Waals surface area contributed by atoms with Crippen molar-refractivity contribution in [3.8, 4) is 0 Å². The maximum Gasteiger partial charge on any atom is 0.256 e. The molecule has 4 rings (SSSR count). The summed E-state index contributed by atoms with van der Waals surface area (Å²) >= 11 is 12.1. The van der Waals surface area contributed by atoms with E-state index in [2.05, 4.69) is 12.2 Å². The van der Waals surface area contributed by atoms with Crippen LogP contribution in [0.1, 0.15) is 55.8 Å². The van der Waals surface area contributed by atoms with Gasteiger partial charge >= 0.3 is 0 Å². The second kappa shape index (κ2) is 7.26. The fourth-order valence-corrected chi connectivity index (χ4v) is 4.37. The molecule has 0 unspecified atom stereocenters. The molecule has 2 saturated carbocycles. The van der Waals surface area contributed by atoms with E-state index < -0.39 is 11.8 Å². The smallest absolute Gasteiger partial charge is 0.256 e. The molecule has 1 aromatic rings. The highest BCUT2D eigenvalue weighted by atomic mass is 35.5. The minimum absolute atomic E-state index is 0.124. The van der Waals surface area contributed by atoms with Gasteiger partial charge in [-0.3, -0.25) is 14.5 Å². The number of carbonyl (C=O) groups is 2. The van der Waals surface area contributed by atoms with Crippen LogP contribution in [0.4, 0.5) is 0 Å². The maximum atomic E-state index is 13.4. The van der Waals surface area contributed by atoms with Crippen LogP contribution in [0.5, 0.6) is 0 Å². The van der Waals surface area contributed by atoms with Gasteiger partial charge in [0.25, 0.3) is 5.91 Å². The van der Waals surface area contributed by atoms with Gasteiger partial charge < -0.3 is 10.1 Å². The molecule has 1 aliphatic heterocycles. The Balaban J connectivity index is 1.65. The highest BCUT2D eigenvalue weighted by molar-refractivity contribution is 6.42. The van der Waals surface area contributed by atoms with Crippen molar-refractivity contribution in [1.82, 2.24) is 10.2 Å². The van der Waals surface area contributed by atoms with Crippen molar-refractivity contribution in [2.45, 2.75) is 63.3 Å². The Hall–Kier alpha value is -1.30. The minimum atomic E-state index is -0.707. The molecule has 1 saturated heterocycles. The second-order valence-corrected chi connectivity index (χ2v) is 8.86. The largest absolute Gasteiger partial charge is 0.353 e. The summed E-state index contributed by atoms with van der Waals surface area (Å²) in [6.07, 6.45) is 5.44. The lowest BCUT2D eigenvalue weighted by molar-refractivity contribution is -0.128. The lowest BCUT2D eigenvalue weighted by Gasteiger charge is -2.43. The summed E-state index contributed by atoms with van der Waals surface area (Å²) in [5.74, 6) is 0.249. The topological polar surface area (TPSA) is 58.6 Å². The van der Waals surface area contributed by atoms with Crippen molar-refractivity contribution < 1.29 is 14.3 Å². The Morgan fingerprint density at radius 1 is 1.15 bits per heavy atom. The summed E-state index contributed by atoms with van der Waals surface area (Å²) < 4.78 is 6.16. The third-order valence-corrected chi connectivity index (χ3v) is 6.67. The summed E-state index contributed by atoms with van der Waals surface area (Å²) in [7, 11) is 0. The van der Waals surface area contributed by atoms with Gasteiger partial charge in [0.1, 0.15) is 11.8 Å². The van der Waals surface area contributed by atoms with Gasteiger partial charge in [-0.05, 0) is 62.6 Å². The Kier molecular flexibility index (Phi) is 5.12. The molecule has 1 atom stereocenters. The number of carbonyl (C=O) groups excluding carboxylic acids is 2. The normalized spacial score (nSPS) is 30.6. The Morgan fingerprint density at radius 3 is 2.48 bits per heavy atom. The van der Waals surface area contributed by atoms with E-state index in [9.17, 15) is 9.59 Å². The zero-order chi connectivity index (χ0) is 19.2. The first-order valence-corrected chi connectivity index (χ1v) is 10.4. The molecular weight excluding hydrogens is 387 g/mol. The predicted molar refractivity (Wildman–Crippen MR) is 104 cm³/mol. The molecule has 1 heterocycles. The Labute approximate surface area is 169 Å². The number of hydrogen-bond donors (Lipinski definition) is 1. The summed E-state index contributed by atoms with van der Waals surface area (Å²) in [4.78, 5) is 27.9. The molecule has 2 amide bonds. The molecule has 3 fully saturated rings. The number of halogens is 2. The van der Waals surface area contributed by atoms with Crippen LogP contribution in [0.15, 0.2) is 18.2 Å². The number of rotatable bonds is 3. The summed E-state index contributed by atoms with van der Waals surface area (Å²) in [6, 6.07) is 4.47. The Morgan fingerprint density at radius 2 is 1.85 bits per heavy atom. The van der Waals surface area contributed by atoms with Crippen LogP contribution in [0.3, 0.4) is 0 Å². The molecule has 2 aliphatic carbocycles. The van der Waals surface area contributed by atoms with Crippen LogP contribution in [0.2, 0.25) is 10.0 Å². The zero-order valence-corrected chi connectivity index (χ0v) is 16.9. The highest BCUT2D eigenvalue weighted by Gasteiger charge is 2.54. The van der Waals surface area contributed by atoms with Crippen LogP contribution in [-0.2, 0) is 9.53 Å².